The Labute approximate surface area is 124 Å². The molecule has 0 amide bonds. The van der Waals surface area contributed by atoms with Crippen molar-refractivity contribution >= 4 is 16.0 Å². The smallest absolute Gasteiger partial charge is 0.335 e. The molecule has 0 spiro atoms. The number of carboxylic acid groups (broad SMARTS) is 1. The Morgan fingerprint density at radius 3 is 2.57 bits per heavy atom. The normalized spacial score (nSPS) is 12.9. The predicted octanol–water partition coefficient (Wildman–Crippen LogP) is 1.87. The van der Waals surface area contributed by atoms with Crippen molar-refractivity contribution in [2.45, 2.75) is 37.6 Å². The number of sulfonamides is 1. The van der Waals surface area contributed by atoms with Crippen LogP contribution in [0.15, 0.2) is 23.1 Å². The standard InChI is InChI=1S/C14H18N2O4S/c1-4-11-5-6-12(14(17)18)9-13(11)21(19,20)16(3)10(2)7-8-15/h5-6,9-10H,4,7H2,1-3H3,(H,17,18). The van der Waals surface area contributed by atoms with Crippen LogP contribution in [0.3, 0.4) is 0 Å². The van der Waals surface area contributed by atoms with E-state index < -0.39 is 22.0 Å². The molecule has 0 aliphatic rings. The van der Waals surface area contributed by atoms with E-state index in [1.54, 1.807) is 13.8 Å². The molecule has 1 rings (SSSR count). The maximum Gasteiger partial charge on any atom is 0.335 e. The predicted molar refractivity (Wildman–Crippen MR) is 77.4 cm³/mol. The SMILES string of the molecule is CCc1ccc(C(=O)O)cc1S(=O)(=O)N(C)C(C)CC#N. The number of hydrogen-bond donors (Lipinski definition) is 1. The monoisotopic (exact) mass is 310 g/mol. The van der Waals surface area contributed by atoms with Crippen LogP contribution in [0.2, 0.25) is 0 Å². The van der Waals surface area contributed by atoms with Crippen LogP contribution in [0, 0.1) is 11.3 Å². The molecule has 7 heteroatoms. The second kappa shape index (κ2) is 6.70. The van der Waals surface area contributed by atoms with Gasteiger partial charge in [0.15, 0.2) is 0 Å². The minimum Gasteiger partial charge on any atom is -0.478 e. The largest absolute Gasteiger partial charge is 0.478 e. The lowest BCUT2D eigenvalue weighted by Crippen LogP contribution is -2.35. The highest BCUT2D eigenvalue weighted by molar-refractivity contribution is 7.89. The summed E-state index contributed by atoms with van der Waals surface area (Å²) in [6.07, 6.45) is 0.532. The molecule has 0 aliphatic heterocycles. The van der Waals surface area contributed by atoms with Crippen molar-refractivity contribution in [3.05, 3.63) is 29.3 Å². The van der Waals surface area contributed by atoms with E-state index >= 15 is 0 Å². The quantitative estimate of drug-likeness (QED) is 0.864. The van der Waals surface area contributed by atoms with Gasteiger partial charge in [0.1, 0.15) is 0 Å². The van der Waals surface area contributed by atoms with Crippen LogP contribution in [-0.2, 0) is 16.4 Å². The van der Waals surface area contributed by atoms with Gasteiger partial charge in [-0.25, -0.2) is 13.2 Å². The molecule has 0 radical (unpaired) electrons. The lowest BCUT2D eigenvalue weighted by Gasteiger charge is -2.23. The molecule has 1 atom stereocenters. The average molecular weight is 310 g/mol. The number of nitriles is 1. The average Bonchev–Trinajstić information content (AvgIpc) is 2.45. The van der Waals surface area contributed by atoms with Crippen molar-refractivity contribution < 1.29 is 18.3 Å². The minimum absolute atomic E-state index is 0.0165. The summed E-state index contributed by atoms with van der Waals surface area (Å²) in [4.78, 5) is 11.0. The van der Waals surface area contributed by atoms with E-state index in [0.29, 0.717) is 12.0 Å². The van der Waals surface area contributed by atoms with Crippen LogP contribution in [-0.4, -0.2) is 36.9 Å². The highest BCUT2D eigenvalue weighted by Crippen LogP contribution is 2.23. The third-order valence-electron chi connectivity index (χ3n) is 3.36. The van der Waals surface area contributed by atoms with E-state index in [9.17, 15) is 13.2 Å². The summed E-state index contributed by atoms with van der Waals surface area (Å²) in [5, 5.41) is 17.7. The van der Waals surface area contributed by atoms with Crippen molar-refractivity contribution in [1.29, 1.82) is 5.26 Å². The molecular weight excluding hydrogens is 292 g/mol. The van der Waals surface area contributed by atoms with Gasteiger partial charge in [0.05, 0.1) is 22.9 Å². The Bertz CT molecular complexity index is 677. The maximum atomic E-state index is 12.6. The number of aryl methyl sites for hydroxylation is 1. The van der Waals surface area contributed by atoms with Crippen LogP contribution < -0.4 is 0 Å². The van der Waals surface area contributed by atoms with Gasteiger partial charge in [-0.15, -0.1) is 0 Å². The molecule has 0 bridgehead atoms. The van der Waals surface area contributed by atoms with Crippen molar-refractivity contribution in [3.63, 3.8) is 0 Å². The zero-order chi connectivity index (χ0) is 16.2. The first-order valence-electron chi connectivity index (χ1n) is 6.46. The van der Waals surface area contributed by atoms with E-state index in [0.717, 1.165) is 4.31 Å². The van der Waals surface area contributed by atoms with Gasteiger partial charge in [-0.05, 0) is 31.0 Å². The number of carbonyl (C=O) groups is 1. The fraction of sp³-hybridized carbons (Fsp3) is 0.429. The van der Waals surface area contributed by atoms with Crippen molar-refractivity contribution in [3.8, 4) is 6.07 Å². The molecule has 0 saturated heterocycles. The molecule has 1 aromatic rings. The van der Waals surface area contributed by atoms with Crippen LogP contribution in [0.25, 0.3) is 0 Å². The van der Waals surface area contributed by atoms with E-state index in [-0.39, 0.29) is 16.9 Å². The van der Waals surface area contributed by atoms with Crippen LogP contribution >= 0.6 is 0 Å². The van der Waals surface area contributed by atoms with E-state index in [2.05, 4.69) is 0 Å². The molecule has 1 aromatic carbocycles. The Kier molecular flexibility index (Phi) is 5.47. The maximum absolute atomic E-state index is 12.6. The molecule has 21 heavy (non-hydrogen) atoms. The Morgan fingerprint density at radius 1 is 1.48 bits per heavy atom. The molecule has 0 heterocycles. The number of aromatic carboxylic acids is 1. The minimum atomic E-state index is -3.84. The Morgan fingerprint density at radius 2 is 2.10 bits per heavy atom. The number of hydrogen-bond acceptors (Lipinski definition) is 4. The second-order valence-corrected chi connectivity index (χ2v) is 6.68. The lowest BCUT2D eigenvalue weighted by molar-refractivity contribution is 0.0696. The fourth-order valence-electron chi connectivity index (χ4n) is 1.87. The molecule has 1 N–H and O–H groups in total. The summed E-state index contributed by atoms with van der Waals surface area (Å²) in [6.45, 7) is 3.43. The van der Waals surface area contributed by atoms with Crippen molar-refractivity contribution in [2.24, 2.45) is 0 Å². The summed E-state index contributed by atoms with van der Waals surface area (Å²) >= 11 is 0. The zero-order valence-corrected chi connectivity index (χ0v) is 13.0. The molecular formula is C14H18N2O4S. The first kappa shape index (κ1) is 17.1. The van der Waals surface area contributed by atoms with Gasteiger partial charge in [0.2, 0.25) is 10.0 Å². The lowest BCUT2D eigenvalue weighted by atomic mass is 10.1. The third kappa shape index (κ3) is 3.60. The number of benzene rings is 1. The van der Waals surface area contributed by atoms with E-state index in [1.165, 1.54) is 25.2 Å². The Hall–Kier alpha value is -1.91. The highest BCUT2D eigenvalue weighted by Gasteiger charge is 2.28. The third-order valence-corrected chi connectivity index (χ3v) is 5.41. The first-order chi connectivity index (χ1) is 9.75. The molecule has 6 nitrogen and oxygen atoms in total. The van der Waals surface area contributed by atoms with Crippen molar-refractivity contribution in [2.75, 3.05) is 7.05 Å². The van der Waals surface area contributed by atoms with Crippen molar-refractivity contribution in [1.82, 2.24) is 4.31 Å². The van der Waals surface area contributed by atoms with Gasteiger partial charge < -0.3 is 5.11 Å². The molecule has 1 unspecified atom stereocenters. The van der Waals surface area contributed by atoms with Gasteiger partial charge in [-0.1, -0.05) is 13.0 Å². The van der Waals surface area contributed by atoms with Gasteiger partial charge >= 0.3 is 5.97 Å². The molecule has 0 aliphatic carbocycles. The van der Waals surface area contributed by atoms with Crippen LogP contribution in [0.1, 0.15) is 36.2 Å². The van der Waals surface area contributed by atoms with E-state index in [1.807, 2.05) is 6.07 Å². The van der Waals surface area contributed by atoms with Gasteiger partial charge in [-0.2, -0.15) is 9.57 Å². The topological polar surface area (TPSA) is 98.5 Å². The summed E-state index contributed by atoms with van der Waals surface area (Å²) in [7, 11) is -2.45. The highest BCUT2D eigenvalue weighted by atomic mass is 32.2. The second-order valence-electron chi connectivity index (χ2n) is 4.71. The Balaban J connectivity index is 3.39. The number of nitrogens with zero attached hydrogens (tertiary/aromatic N) is 2. The van der Waals surface area contributed by atoms with Crippen LogP contribution in [0.4, 0.5) is 0 Å². The fourth-order valence-corrected chi connectivity index (χ4v) is 3.55. The molecule has 0 fully saturated rings. The summed E-state index contributed by atoms with van der Waals surface area (Å²) in [6, 6.07) is 5.52. The molecule has 114 valence electrons. The van der Waals surface area contributed by atoms with E-state index in [4.69, 9.17) is 10.4 Å². The summed E-state index contributed by atoms with van der Waals surface area (Å²) < 4.78 is 26.4. The summed E-state index contributed by atoms with van der Waals surface area (Å²) in [5.74, 6) is -1.18. The van der Waals surface area contributed by atoms with Crippen LogP contribution in [0.5, 0.6) is 0 Å². The number of carboxylic acids is 1. The first-order valence-corrected chi connectivity index (χ1v) is 7.90. The van der Waals surface area contributed by atoms with Gasteiger partial charge in [0.25, 0.3) is 0 Å². The zero-order valence-electron chi connectivity index (χ0n) is 12.2. The van der Waals surface area contributed by atoms with Gasteiger partial charge in [0, 0.05) is 13.1 Å². The molecule has 0 saturated carbocycles. The molecule has 0 aromatic heterocycles. The van der Waals surface area contributed by atoms with Gasteiger partial charge in [-0.3, -0.25) is 0 Å². The summed E-state index contributed by atoms with van der Waals surface area (Å²) in [5.41, 5.74) is 0.475. The number of rotatable bonds is 6.